The minimum absolute atomic E-state index is 0.185. The highest BCUT2D eigenvalue weighted by Gasteiger charge is 2.14. The molecule has 0 unspecified atom stereocenters. The number of benzene rings is 1. The number of nitrogens with one attached hydrogen (secondary N) is 1. The number of hydrogen-bond acceptors (Lipinski definition) is 4. The summed E-state index contributed by atoms with van der Waals surface area (Å²) in [5.41, 5.74) is 1.19. The first kappa shape index (κ1) is 16.5. The van der Waals surface area contributed by atoms with Gasteiger partial charge in [-0.2, -0.15) is 0 Å². The maximum absolute atomic E-state index is 13.2. The molecule has 1 heterocycles. The van der Waals surface area contributed by atoms with E-state index in [-0.39, 0.29) is 5.82 Å². The molecular formula is C16H21FN2S2. The third-order valence-electron chi connectivity index (χ3n) is 3.01. The Morgan fingerprint density at radius 3 is 2.86 bits per heavy atom. The van der Waals surface area contributed by atoms with Gasteiger partial charge >= 0.3 is 0 Å². The van der Waals surface area contributed by atoms with Crippen molar-refractivity contribution in [3.63, 3.8) is 0 Å². The molecule has 2 rings (SSSR count). The summed E-state index contributed by atoms with van der Waals surface area (Å²) in [6.07, 6.45) is 0. The second-order valence-corrected chi connectivity index (χ2v) is 7.31. The lowest BCUT2D eigenvalue weighted by atomic mass is 10.1. The second-order valence-electron chi connectivity index (χ2n) is 5.10. The topological polar surface area (TPSA) is 24.9 Å². The van der Waals surface area contributed by atoms with Crippen molar-refractivity contribution in [3.8, 4) is 0 Å². The zero-order chi connectivity index (χ0) is 15.2. The van der Waals surface area contributed by atoms with Crippen LogP contribution in [-0.4, -0.2) is 11.5 Å². The van der Waals surface area contributed by atoms with Gasteiger partial charge < -0.3 is 5.32 Å². The van der Waals surface area contributed by atoms with Crippen LogP contribution in [0.2, 0.25) is 0 Å². The molecule has 1 aromatic heterocycles. The first-order chi connectivity index (χ1) is 10.1. The molecule has 5 heteroatoms. The van der Waals surface area contributed by atoms with Crippen molar-refractivity contribution in [3.05, 3.63) is 45.7 Å². The summed E-state index contributed by atoms with van der Waals surface area (Å²) in [6.45, 7) is 8.30. The molecule has 0 spiro atoms. The van der Waals surface area contributed by atoms with Crippen LogP contribution in [-0.2, 0) is 12.3 Å². The fourth-order valence-corrected chi connectivity index (χ4v) is 4.12. The minimum atomic E-state index is -0.185. The maximum atomic E-state index is 13.2. The third-order valence-corrected chi connectivity index (χ3v) is 5.27. The highest BCUT2D eigenvalue weighted by Crippen LogP contribution is 2.30. The van der Waals surface area contributed by atoms with Gasteiger partial charge in [-0.1, -0.05) is 26.8 Å². The Balaban J connectivity index is 2.06. The summed E-state index contributed by atoms with van der Waals surface area (Å²) in [5, 5.41) is 4.48. The standard InChI is InChI=1S/C16H21FN2S2/c1-4-18-9-14-16(11(2)3)19-15(21-14)10-20-13-7-5-6-12(17)8-13/h5-8,11,18H,4,9-10H2,1-3H3. The SMILES string of the molecule is CCNCc1sc(CSc2cccc(F)c2)nc1C(C)C. The summed E-state index contributed by atoms with van der Waals surface area (Å²) in [4.78, 5) is 7.03. The Labute approximate surface area is 134 Å². The number of thiazole rings is 1. The molecule has 2 aromatic rings. The summed E-state index contributed by atoms with van der Waals surface area (Å²) in [7, 11) is 0. The van der Waals surface area contributed by atoms with Crippen molar-refractivity contribution in [2.75, 3.05) is 6.54 Å². The molecule has 0 atom stereocenters. The zero-order valence-corrected chi connectivity index (χ0v) is 14.3. The van der Waals surface area contributed by atoms with Gasteiger partial charge in [-0.15, -0.1) is 23.1 Å². The first-order valence-corrected chi connectivity index (χ1v) is 8.98. The number of aromatic nitrogens is 1. The van der Waals surface area contributed by atoms with E-state index < -0.39 is 0 Å². The van der Waals surface area contributed by atoms with Gasteiger partial charge in [-0.3, -0.25) is 0 Å². The van der Waals surface area contributed by atoms with Gasteiger partial charge in [0.2, 0.25) is 0 Å². The lowest BCUT2D eigenvalue weighted by Gasteiger charge is -2.04. The lowest BCUT2D eigenvalue weighted by molar-refractivity contribution is 0.624. The Morgan fingerprint density at radius 2 is 2.19 bits per heavy atom. The maximum Gasteiger partial charge on any atom is 0.124 e. The molecule has 0 aliphatic heterocycles. The molecule has 1 aromatic carbocycles. The molecule has 0 aliphatic carbocycles. The van der Waals surface area contributed by atoms with Crippen molar-refractivity contribution in [2.24, 2.45) is 0 Å². The normalized spacial score (nSPS) is 11.3. The Kier molecular flexibility index (Phi) is 6.21. The van der Waals surface area contributed by atoms with Gasteiger partial charge in [0.15, 0.2) is 0 Å². The van der Waals surface area contributed by atoms with Crippen LogP contribution in [0.3, 0.4) is 0 Å². The second kappa shape index (κ2) is 7.92. The van der Waals surface area contributed by atoms with Gasteiger partial charge in [0.1, 0.15) is 10.8 Å². The fraction of sp³-hybridized carbons (Fsp3) is 0.438. The van der Waals surface area contributed by atoms with Crippen molar-refractivity contribution in [1.82, 2.24) is 10.3 Å². The number of thioether (sulfide) groups is 1. The van der Waals surface area contributed by atoms with E-state index in [2.05, 4.69) is 26.1 Å². The average Bonchev–Trinajstić information content (AvgIpc) is 2.86. The van der Waals surface area contributed by atoms with Gasteiger partial charge in [-0.25, -0.2) is 9.37 Å². The van der Waals surface area contributed by atoms with E-state index in [9.17, 15) is 4.39 Å². The van der Waals surface area contributed by atoms with Gasteiger partial charge in [0.25, 0.3) is 0 Å². The first-order valence-electron chi connectivity index (χ1n) is 7.17. The van der Waals surface area contributed by atoms with E-state index in [1.54, 1.807) is 35.2 Å². The van der Waals surface area contributed by atoms with Gasteiger partial charge in [0.05, 0.1) is 11.4 Å². The molecular weight excluding hydrogens is 303 g/mol. The van der Waals surface area contributed by atoms with Gasteiger partial charge in [-0.05, 0) is 30.7 Å². The van der Waals surface area contributed by atoms with Crippen molar-refractivity contribution >= 4 is 23.1 Å². The van der Waals surface area contributed by atoms with Crippen LogP contribution in [0.1, 0.15) is 42.3 Å². The van der Waals surface area contributed by atoms with E-state index in [0.717, 1.165) is 28.7 Å². The van der Waals surface area contributed by atoms with Crippen LogP contribution in [0.4, 0.5) is 4.39 Å². The van der Waals surface area contributed by atoms with Crippen molar-refractivity contribution in [1.29, 1.82) is 0 Å². The van der Waals surface area contributed by atoms with Crippen LogP contribution in [0.25, 0.3) is 0 Å². The van der Waals surface area contributed by atoms with Crippen LogP contribution < -0.4 is 5.32 Å². The molecule has 2 nitrogen and oxygen atoms in total. The van der Waals surface area contributed by atoms with Crippen LogP contribution in [0, 0.1) is 5.82 Å². The molecule has 0 aliphatic rings. The summed E-state index contributed by atoms with van der Waals surface area (Å²) < 4.78 is 13.2. The number of hydrogen-bond donors (Lipinski definition) is 1. The molecule has 0 bridgehead atoms. The largest absolute Gasteiger partial charge is 0.312 e. The predicted octanol–water partition coefficient (Wildman–Crippen LogP) is 4.81. The fourth-order valence-electron chi connectivity index (χ4n) is 1.99. The third kappa shape index (κ3) is 4.80. The molecule has 0 radical (unpaired) electrons. The Hall–Kier alpha value is -0.910. The molecule has 0 amide bonds. The average molecular weight is 324 g/mol. The quantitative estimate of drug-likeness (QED) is 0.740. The monoisotopic (exact) mass is 324 g/mol. The molecule has 1 N–H and O–H groups in total. The smallest absolute Gasteiger partial charge is 0.124 e. The minimum Gasteiger partial charge on any atom is -0.312 e. The molecule has 21 heavy (non-hydrogen) atoms. The van der Waals surface area contributed by atoms with E-state index >= 15 is 0 Å². The number of rotatable bonds is 7. The molecule has 0 saturated heterocycles. The predicted molar refractivity (Wildman–Crippen MR) is 89.5 cm³/mol. The van der Waals surface area contributed by atoms with Crippen molar-refractivity contribution < 1.29 is 4.39 Å². The van der Waals surface area contributed by atoms with E-state index in [1.165, 1.54) is 16.6 Å². The Morgan fingerprint density at radius 1 is 1.38 bits per heavy atom. The van der Waals surface area contributed by atoms with Crippen LogP contribution in [0.5, 0.6) is 0 Å². The van der Waals surface area contributed by atoms with E-state index in [1.807, 2.05) is 6.07 Å². The van der Waals surface area contributed by atoms with E-state index in [0.29, 0.717) is 5.92 Å². The van der Waals surface area contributed by atoms with Crippen LogP contribution in [0.15, 0.2) is 29.2 Å². The highest BCUT2D eigenvalue weighted by atomic mass is 32.2. The summed E-state index contributed by atoms with van der Waals surface area (Å²) in [6, 6.07) is 6.72. The highest BCUT2D eigenvalue weighted by molar-refractivity contribution is 7.98. The summed E-state index contributed by atoms with van der Waals surface area (Å²) >= 11 is 3.40. The number of nitrogens with zero attached hydrogens (tertiary/aromatic N) is 1. The number of halogens is 1. The molecule has 114 valence electrons. The van der Waals surface area contributed by atoms with Gasteiger partial charge in [0, 0.05) is 16.3 Å². The Bertz CT molecular complexity index is 581. The molecule has 0 saturated carbocycles. The van der Waals surface area contributed by atoms with Crippen LogP contribution >= 0.6 is 23.1 Å². The van der Waals surface area contributed by atoms with Crippen molar-refractivity contribution in [2.45, 2.75) is 43.9 Å². The zero-order valence-electron chi connectivity index (χ0n) is 12.6. The molecule has 0 fully saturated rings. The van der Waals surface area contributed by atoms with E-state index in [4.69, 9.17) is 4.98 Å². The summed E-state index contributed by atoms with van der Waals surface area (Å²) in [5.74, 6) is 1.04. The lowest BCUT2D eigenvalue weighted by Crippen LogP contribution is -2.12.